The standard InChI is InChI=1S/C29H34ClN3O3.C19H23NO2Si/c1-21-7-10-28(31(21)2)27-18-24(30)8-9-26(27)29(34)33-19-23-6-4-3-5-22(23)17-25(33)20-36-16-13-32-11-14-35-15-12-32;1-19(2,3)23(4,5)22-17-11-9-15(10-12-17)20-16-8-6-7-14(13-16)18(20)21/h3-10,18,25H,11-17,19-20H2,1-2H3;6-13H,1-5H3/t25-;/m0./s1. The summed E-state index contributed by atoms with van der Waals surface area (Å²) in [7, 11) is 0.174. The van der Waals surface area contributed by atoms with Gasteiger partial charge in [-0.15, -0.1) is 0 Å². The van der Waals surface area contributed by atoms with Gasteiger partial charge in [0.1, 0.15) is 5.75 Å². The number of carbonyl (C=O) groups is 2. The predicted octanol–water partition coefficient (Wildman–Crippen LogP) is 9.93. The highest BCUT2D eigenvalue weighted by atomic mass is 35.5. The fourth-order valence-corrected chi connectivity index (χ4v) is 8.77. The Balaban J connectivity index is 0.000000198. The number of aryl methyl sites for hydroxylation is 1. The maximum atomic E-state index is 14.1. The lowest BCUT2D eigenvalue weighted by atomic mass is 9.93. The molecule has 8 rings (SSSR count). The van der Waals surface area contributed by atoms with Crippen LogP contribution in [0.5, 0.6) is 5.75 Å². The third-order valence-corrected chi connectivity index (χ3v) is 16.9. The van der Waals surface area contributed by atoms with Crippen molar-refractivity contribution in [2.75, 3.05) is 51.0 Å². The quantitative estimate of drug-likeness (QED) is 0.103. The van der Waals surface area contributed by atoms with Gasteiger partial charge in [0.2, 0.25) is 8.32 Å². The van der Waals surface area contributed by atoms with Crippen molar-refractivity contribution >= 4 is 43.1 Å². The lowest BCUT2D eigenvalue weighted by Crippen LogP contribution is -2.47. The first-order valence-corrected chi connectivity index (χ1v) is 23.9. The average Bonchev–Trinajstić information content (AvgIpc) is 3.67. The highest BCUT2D eigenvalue weighted by Gasteiger charge is 2.39. The summed E-state index contributed by atoms with van der Waals surface area (Å²) in [6.45, 7) is 19.3. The molecule has 0 aliphatic carbocycles. The number of hydrogen-bond acceptors (Lipinski definition) is 6. The second-order valence-corrected chi connectivity index (χ2v) is 22.4. The Morgan fingerprint density at radius 3 is 2.29 bits per heavy atom. The van der Waals surface area contributed by atoms with Gasteiger partial charge in [-0.2, -0.15) is 0 Å². The maximum Gasteiger partial charge on any atom is 0.262 e. The molecular weight excluding hydrogens is 776 g/mol. The van der Waals surface area contributed by atoms with Crippen LogP contribution in [-0.2, 0) is 29.5 Å². The summed E-state index contributed by atoms with van der Waals surface area (Å²) in [6.07, 6.45) is 0.783. The number of fused-ring (bicyclic) bond motifs is 3. The molecule has 0 unspecified atom stereocenters. The number of hydrogen-bond donors (Lipinski definition) is 0. The first kappa shape index (κ1) is 42.4. The second kappa shape index (κ2) is 17.9. The van der Waals surface area contributed by atoms with E-state index in [1.807, 2.05) is 78.7 Å². The van der Waals surface area contributed by atoms with Crippen LogP contribution >= 0.6 is 11.6 Å². The Kier molecular flexibility index (Phi) is 12.8. The van der Waals surface area contributed by atoms with E-state index in [-0.39, 0.29) is 22.9 Å². The minimum atomic E-state index is -1.84. The van der Waals surface area contributed by atoms with Crippen molar-refractivity contribution in [2.24, 2.45) is 7.05 Å². The van der Waals surface area contributed by atoms with Crippen molar-refractivity contribution < 1.29 is 23.5 Å². The Labute approximate surface area is 355 Å². The van der Waals surface area contributed by atoms with Crippen molar-refractivity contribution in [3.8, 4) is 17.0 Å². The Hall–Kier alpha value is -4.71. The number of aromatic nitrogens is 1. The van der Waals surface area contributed by atoms with E-state index in [1.54, 1.807) is 11.0 Å². The molecule has 11 heteroatoms. The van der Waals surface area contributed by atoms with E-state index in [0.29, 0.717) is 30.3 Å². The van der Waals surface area contributed by atoms with Gasteiger partial charge < -0.3 is 23.4 Å². The summed E-state index contributed by atoms with van der Waals surface area (Å²) in [5.41, 5.74) is 8.65. The average molecular weight is 834 g/mol. The monoisotopic (exact) mass is 832 g/mol. The van der Waals surface area contributed by atoms with Crippen molar-refractivity contribution in [1.82, 2.24) is 14.4 Å². The molecule has 0 saturated carbocycles. The molecule has 1 saturated heterocycles. The smallest absolute Gasteiger partial charge is 0.262 e. The molecule has 2 amide bonds. The predicted molar refractivity (Wildman–Crippen MR) is 240 cm³/mol. The lowest BCUT2D eigenvalue weighted by Gasteiger charge is -2.37. The van der Waals surface area contributed by atoms with E-state index in [0.717, 1.165) is 78.9 Å². The molecule has 0 spiro atoms. The van der Waals surface area contributed by atoms with E-state index in [4.69, 9.17) is 25.5 Å². The number of anilines is 2. The zero-order valence-electron chi connectivity index (χ0n) is 35.5. The molecule has 0 radical (unpaired) electrons. The van der Waals surface area contributed by atoms with Gasteiger partial charge in [0.05, 0.1) is 38.2 Å². The molecule has 310 valence electrons. The van der Waals surface area contributed by atoms with Crippen LogP contribution < -0.4 is 9.33 Å². The summed E-state index contributed by atoms with van der Waals surface area (Å²) in [5, 5.41) is 0.780. The van der Waals surface area contributed by atoms with Gasteiger partial charge in [-0.3, -0.25) is 19.4 Å². The molecule has 1 atom stereocenters. The van der Waals surface area contributed by atoms with Crippen LogP contribution in [0, 0.1) is 6.92 Å². The molecule has 2 bridgehead atoms. The molecule has 1 aromatic heterocycles. The van der Waals surface area contributed by atoms with Gasteiger partial charge in [-0.1, -0.05) is 62.7 Å². The summed E-state index contributed by atoms with van der Waals surface area (Å²) < 4.78 is 20.0. The molecule has 1 fully saturated rings. The SMILES string of the molecule is CC(C)(C)[Si](C)(C)Oc1ccc(N2C(=O)c3cccc2c3)cc1.Cc1ccc(-c2cc(Cl)ccc2C(=O)N2Cc3ccccc3C[C@H]2COCCN2CCOCC2)n1C. The molecule has 5 aromatic rings. The maximum absolute atomic E-state index is 14.1. The molecule has 9 nitrogen and oxygen atoms in total. The molecule has 59 heavy (non-hydrogen) atoms. The topological polar surface area (TPSA) is 76.5 Å². The van der Waals surface area contributed by atoms with Crippen molar-refractivity contribution in [3.63, 3.8) is 0 Å². The fraction of sp³-hybridized carbons (Fsp3) is 0.375. The van der Waals surface area contributed by atoms with Crippen molar-refractivity contribution in [3.05, 3.63) is 136 Å². The summed E-state index contributed by atoms with van der Waals surface area (Å²) in [6, 6.07) is 33.5. The number of ether oxygens (including phenoxy) is 2. The second-order valence-electron chi connectivity index (χ2n) is 17.2. The number of morpholine rings is 1. The minimum Gasteiger partial charge on any atom is -0.544 e. The highest BCUT2D eigenvalue weighted by Crippen LogP contribution is 2.39. The third kappa shape index (κ3) is 9.53. The number of carbonyl (C=O) groups excluding carboxylic acids is 2. The van der Waals surface area contributed by atoms with E-state index in [2.05, 4.69) is 80.6 Å². The van der Waals surface area contributed by atoms with Crippen LogP contribution in [0.15, 0.2) is 103 Å². The normalized spacial score (nSPS) is 16.7. The van der Waals surface area contributed by atoms with Gasteiger partial charge in [0.15, 0.2) is 0 Å². The zero-order valence-corrected chi connectivity index (χ0v) is 37.2. The van der Waals surface area contributed by atoms with Gasteiger partial charge in [0, 0.05) is 72.0 Å². The Morgan fingerprint density at radius 1 is 0.881 bits per heavy atom. The van der Waals surface area contributed by atoms with E-state index >= 15 is 0 Å². The van der Waals surface area contributed by atoms with Gasteiger partial charge in [0.25, 0.3) is 11.8 Å². The Bertz CT molecular complexity index is 2280. The third-order valence-electron chi connectivity index (χ3n) is 12.3. The largest absolute Gasteiger partial charge is 0.544 e. The number of amides is 2. The lowest BCUT2D eigenvalue weighted by molar-refractivity contribution is 0.00743. The molecule has 4 heterocycles. The minimum absolute atomic E-state index is 0.0109. The van der Waals surface area contributed by atoms with Crippen molar-refractivity contribution in [2.45, 2.75) is 64.8 Å². The summed E-state index contributed by atoms with van der Waals surface area (Å²) in [4.78, 5) is 32.6. The van der Waals surface area contributed by atoms with Gasteiger partial charge >= 0.3 is 0 Å². The van der Waals surface area contributed by atoms with Crippen LogP contribution in [0.3, 0.4) is 0 Å². The number of benzene rings is 4. The van der Waals surface area contributed by atoms with Crippen molar-refractivity contribution in [1.29, 1.82) is 0 Å². The van der Waals surface area contributed by atoms with E-state index in [9.17, 15) is 9.59 Å². The summed E-state index contributed by atoms with van der Waals surface area (Å²) >= 11 is 6.39. The highest BCUT2D eigenvalue weighted by molar-refractivity contribution is 6.74. The van der Waals surface area contributed by atoms with Crippen LogP contribution in [0.4, 0.5) is 11.4 Å². The van der Waals surface area contributed by atoms with Crippen LogP contribution in [0.25, 0.3) is 11.3 Å². The zero-order chi connectivity index (χ0) is 41.9. The van der Waals surface area contributed by atoms with Gasteiger partial charge in [-0.25, -0.2) is 0 Å². The first-order valence-electron chi connectivity index (χ1n) is 20.6. The molecular formula is C48H57ClN4O5Si. The Morgan fingerprint density at radius 2 is 1.61 bits per heavy atom. The van der Waals surface area contributed by atoms with Crippen LogP contribution in [-0.4, -0.2) is 86.6 Å². The number of halogens is 1. The molecule has 4 aromatic carbocycles. The molecule has 3 aliphatic heterocycles. The van der Waals surface area contributed by atoms with E-state index < -0.39 is 8.32 Å². The van der Waals surface area contributed by atoms with E-state index in [1.165, 1.54) is 11.1 Å². The molecule has 3 aliphatic rings. The van der Waals surface area contributed by atoms with Crippen LogP contribution in [0.2, 0.25) is 23.2 Å². The van der Waals surface area contributed by atoms with Gasteiger partial charge in [-0.05, 0) is 115 Å². The van der Waals surface area contributed by atoms with Crippen LogP contribution in [0.1, 0.15) is 58.3 Å². The first-order chi connectivity index (χ1) is 28.2. The number of rotatable bonds is 10. The number of nitrogens with zero attached hydrogens (tertiary/aromatic N) is 4. The summed E-state index contributed by atoms with van der Waals surface area (Å²) in [5.74, 6) is 0.915. The molecule has 0 N–H and O–H groups in total. The fourth-order valence-electron chi connectivity index (χ4n) is 7.57.